The van der Waals surface area contributed by atoms with Crippen molar-refractivity contribution in [1.29, 1.82) is 0 Å². The number of anilines is 2. The molecule has 0 aliphatic heterocycles. The van der Waals surface area contributed by atoms with Crippen LogP contribution >= 0.6 is 0 Å². The Morgan fingerprint density at radius 1 is 1.17 bits per heavy atom. The summed E-state index contributed by atoms with van der Waals surface area (Å²) in [5, 5.41) is 22.2. The Kier molecular flexibility index (Phi) is 8.05. The van der Waals surface area contributed by atoms with Gasteiger partial charge in [-0.3, -0.25) is 14.2 Å². The van der Waals surface area contributed by atoms with Crippen molar-refractivity contribution < 1.29 is 35.9 Å². The molecule has 0 radical (unpaired) electrons. The zero-order chi connectivity index (χ0) is 30.1. The molecule has 0 bridgehead atoms. The van der Waals surface area contributed by atoms with Crippen molar-refractivity contribution in [2.45, 2.75) is 26.1 Å². The van der Waals surface area contributed by atoms with Crippen LogP contribution in [0.4, 0.5) is 29.1 Å². The van der Waals surface area contributed by atoms with Crippen LogP contribution in [0.25, 0.3) is 22.4 Å². The van der Waals surface area contributed by atoms with Gasteiger partial charge in [0.15, 0.2) is 11.5 Å². The molecule has 0 aliphatic rings. The van der Waals surface area contributed by atoms with Gasteiger partial charge in [0.25, 0.3) is 5.91 Å². The van der Waals surface area contributed by atoms with Gasteiger partial charge in [0.1, 0.15) is 23.1 Å². The molecule has 4 rings (SSSR count). The first-order chi connectivity index (χ1) is 19.2. The Morgan fingerprint density at radius 3 is 2.51 bits per heavy atom. The molecule has 0 spiro atoms. The number of amides is 1. The van der Waals surface area contributed by atoms with E-state index in [1.54, 1.807) is 31.2 Å². The van der Waals surface area contributed by atoms with Gasteiger partial charge in [-0.1, -0.05) is 18.2 Å². The molecule has 16 heteroatoms. The number of H-pyrrole nitrogens is 1. The summed E-state index contributed by atoms with van der Waals surface area (Å²) >= 11 is 0. The molecule has 1 amide bonds. The molecule has 0 saturated heterocycles. The van der Waals surface area contributed by atoms with Gasteiger partial charge in [0, 0.05) is 37.3 Å². The zero-order valence-electron chi connectivity index (χ0n) is 22.0. The minimum absolute atomic E-state index is 0.0457. The fourth-order valence-corrected chi connectivity index (χ4v) is 5.34. The van der Waals surface area contributed by atoms with E-state index in [-0.39, 0.29) is 35.6 Å². The number of phenols is 1. The highest BCUT2D eigenvalue weighted by atomic mass is 32.2. The van der Waals surface area contributed by atoms with E-state index < -0.39 is 57.0 Å². The maximum absolute atomic E-state index is 14.3. The van der Waals surface area contributed by atoms with Crippen molar-refractivity contribution >= 4 is 38.5 Å². The number of fused-ring (bicyclic) bond motifs is 1. The summed E-state index contributed by atoms with van der Waals surface area (Å²) in [6, 6.07) is 7.93. The van der Waals surface area contributed by atoms with Gasteiger partial charge >= 0.3 is 6.18 Å². The molecule has 2 heterocycles. The molecule has 218 valence electrons. The first-order valence-electron chi connectivity index (χ1n) is 12.1. The Morgan fingerprint density at radius 2 is 1.88 bits per heavy atom. The predicted octanol–water partition coefficient (Wildman–Crippen LogP) is 3.73. The maximum Gasteiger partial charge on any atom is 0.393 e. The number of aromatic hydroxyl groups is 1. The summed E-state index contributed by atoms with van der Waals surface area (Å²) in [7, 11) is -2.26. The van der Waals surface area contributed by atoms with Gasteiger partial charge in [-0.25, -0.2) is 22.8 Å². The maximum atomic E-state index is 14.3. The molecule has 0 fully saturated rings. The zero-order valence-corrected chi connectivity index (χ0v) is 22.8. The number of nitrogens with zero attached hydrogens (tertiary/aromatic N) is 4. The number of sulfonamides is 1. The number of aromatic nitrogens is 4. The lowest BCUT2D eigenvalue weighted by atomic mass is 10.0. The summed E-state index contributed by atoms with van der Waals surface area (Å²) < 4.78 is 80.2. The van der Waals surface area contributed by atoms with Gasteiger partial charge in [-0.15, -0.1) is 0 Å². The Labute approximate surface area is 231 Å². The van der Waals surface area contributed by atoms with Crippen LogP contribution in [0.5, 0.6) is 5.75 Å². The predicted molar refractivity (Wildman–Crippen MR) is 144 cm³/mol. The van der Waals surface area contributed by atoms with Crippen LogP contribution in [0.3, 0.4) is 0 Å². The lowest BCUT2D eigenvalue weighted by Crippen LogP contribution is -2.30. The van der Waals surface area contributed by atoms with Gasteiger partial charge in [-0.05, 0) is 24.6 Å². The molecule has 0 aliphatic carbocycles. The third-order valence-electron chi connectivity index (χ3n) is 6.07. The smallest absolute Gasteiger partial charge is 0.393 e. The summed E-state index contributed by atoms with van der Waals surface area (Å²) in [6.07, 6.45) is -5.27. The largest absolute Gasteiger partial charge is 0.508 e. The second kappa shape index (κ2) is 11.2. The Balaban J connectivity index is 1.88. The average Bonchev–Trinajstić information content (AvgIpc) is 3.32. The second-order valence-corrected chi connectivity index (χ2v) is 10.8. The number of nitrogens with one attached hydrogen (secondary N) is 3. The van der Waals surface area contributed by atoms with Crippen molar-refractivity contribution in [3.63, 3.8) is 0 Å². The van der Waals surface area contributed by atoms with Gasteiger partial charge in [0.05, 0.1) is 23.8 Å². The third-order valence-corrected chi connectivity index (χ3v) is 7.33. The highest BCUT2D eigenvalue weighted by Crippen LogP contribution is 2.36. The minimum Gasteiger partial charge on any atom is -0.508 e. The van der Waals surface area contributed by atoms with Crippen LogP contribution in [0.1, 0.15) is 28.5 Å². The average molecular weight is 596 g/mol. The number of hydrogen-bond donors (Lipinski definition) is 4. The first kappa shape index (κ1) is 29.5. The van der Waals surface area contributed by atoms with Crippen LogP contribution in [0.15, 0.2) is 36.4 Å². The molecule has 41 heavy (non-hydrogen) atoms. The first-order valence-corrected chi connectivity index (χ1v) is 13.9. The van der Waals surface area contributed by atoms with E-state index in [0.29, 0.717) is 17.3 Å². The number of hydrogen-bond acceptors (Lipinski definition) is 8. The molecule has 4 aromatic rings. The number of alkyl halides is 3. The molecule has 2 aromatic heterocycles. The van der Waals surface area contributed by atoms with Crippen molar-refractivity contribution in [3.8, 4) is 17.1 Å². The SMILES string of the molecule is CCN(c1ccccc1CNc1nc(-c2cc(F)cc(O)c2CC(F)(F)F)nc2n[nH]c(C(=O)NC)c12)S(C)(=O)=O. The topological polar surface area (TPSA) is 153 Å². The summed E-state index contributed by atoms with van der Waals surface area (Å²) in [4.78, 5) is 21.0. The molecular formula is C25H25F4N7O4S. The van der Waals surface area contributed by atoms with E-state index >= 15 is 0 Å². The van der Waals surface area contributed by atoms with Crippen LogP contribution < -0.4 is 14.9 Å². The fraction of sp³-hybridized carbons (Fsp3) is 0.280. The molecule has 11 nitrogen and oxygen atoms in total. The van der Waals surface area contributed by atoms with E-state index in [0.717, 1.165) is 12.3 Å². The lowest BCUT2D eigenvalue weighted by molar-refractivity contribution is -0.127. The highest BCUT2D eigenvalue weighted by molar-refractivity contribution is 7.92. The quantitative estimate of drug-likeness (QED) is 0.214. The normalized spacial score (nSPS) is 12.0. The van der Waals surface area contributed by atoms with Gasteiger partial charge in [-0.2, -0.15) is 18.3 Å². The van der Waals surface area contributed by atoms with Crippen LogP contribution in [0, 0.1) is 5.82 Å². The van der Waals surface area contributed by atoms with E-state index in [2.05, 4.69) is 30.8 Å². The molecule has 2 aromatic carbocycles. The fourth-order valence-electron chi connectivity index (χ4n) is 4.34. The van der Waals surface area contributed by atoms with Crippen molar-refractivity contribution in [1.82, 2.24) is 25.5 Å². The standard InChI is InChI=1S/C25H25F4N7O4S/c1-4-36(41(3,39)40)17-8-6-5-7-13(17)12-31-22-19-20(24(38)30-2)34-35-23(19)33-21(32-22)15-9-14(26)10-18(37)16(15)11-25(27,28)29/h5-10,37H,4,11-12H2,1-3H3,(H,30,38)(H2,31,32,33,34,35). The molecule has 0 saturated carbocycles. The minimum atomic E-state index is -4.75. The number of halogens is 4. The van der Waals surface area contributed by atoms with E-state index in [1.165, 1.54) is 11.4 Å². The third kappa shape index (κ3) is 6.32. The number of carbonyl (C=O) groups is 1. The monoisotopic (exact) mass is 595 g/mol. The molecule has 0 unspecified atom stereocenters. The number of aromatic amines is 1. The number of para-hydroxylation sites is 1. The van der Waals surface area contributed by atoms with Crippen LogP contribution in [-0.4, -0.2) is 65.6 Å². The second-order valence-electron chi connectivity index (χ2n) is 8.93. The molecular weight excluding hydrogens is 570 g/mol. The van der Waals surface area contributed by atoms with Crippen molar-refractivity contribution in [2.24, 2.45) is 0 Å². The molecule has 0 atom stereocenters. The summed E-state index contributed by atoms with van der Waals surface area (Å²) in [6.45, 7) is 1.76. The number of benzene rings is 2. The lowest BCUT2D eigenvalue weighted by Gasteiger charge is -2.23. The summed E-state index contributed by atoms with van der Waals surface area (Å²) in [5.41, 5.74) is -0.380. The number of rotatable bonds is 9. The summed E-state index contributed by atoms with van der Waals surface area (Å²) in [5.74, 6) is -3.01. The molecule has 4 N–H and O–H groups in total. The number of carbonyl (C=O) groups excluding carboxylic acids is 1. The van der Waals surface area contributed by atoms with Crippen LogP contribution in [0.2, 0.25) is 0 Å². The van der Waals surface area contributed by atoms with Crippen LogP contribution in [-0.2, 0) is 23.0 Å². The highest BCUT2D eigenvalue weighted by Gasteiger charge is 2.32. The van der Waals surface area contributed by atoms with E-state index in [1.807, 2.05) is 0 Å². The Hall–Kier alpha value is -4.47. The van der Waals surface area contributed by atoms with Gasteiger partial charge in [0.2, 0.25) is 10.0 Å². The van der Waals surface area contributed by atoms with E-state index in [4.69, 9.17) is 0 Å². The van der Waals surface area contributed by atoms with Crippen molar-refractivity contribution in [3.05, 3.63) is 59.0 Å². The van der Waals surface area contributed by atoms with Crippen molar-refractivity contribution in [2.75, 3.05) is 29.5 Å². The van der Waals surface area contributed by atoms with E-state index in [9.17, 15) is 35.9 Å². The number of phenolic OH excluding ortho intramolecular Hbond substituents is 1. The Bertz CT molecular complexity index is 1730. The van der Waals surface area contributed by atoms with Gasteiger partial charge < -0.3 is 15.7 Å².